The van der Waals surface area contributed by atoms with Crippen molar-refractivity contribution in [3.05, 3.63) is 34.9 Å². The van der Waals surface area contributed by atoms with Crippen molar-refractivity contribution in [1.82, 2.24) is 4.90 Å². The lowest BCUT2D eigenvalue weighted by Gasteiger charge is -2.23. The Kier molecular flexibility index (Phi) is 4.09. The van der Waals surface area contributed by atoms with Crippen molar-refractivity contribution in [3.63, 3.8) is 0 Å². The molecule has 0 saturated carbocycles. The third-order valence-corrected chi connectivity index (χ3v) is 4.03. The van der Waals surface area contributed by atoms with E-state index in [9.17, 15) is 9.59 Å². The van der Waals surface area contributed by atoms with Gasteiger partial charge in [0, 0.05) is 13.1 Å². The Hall–Kier alpha value is -1.88. The summed E-state index contributed by atoms with van der Waals surface area (Å²) in [6, 6.07) is 4.50. The van der Waals surface area contributed by atoms with Crippen molar-refractivity contribution < 1.29 is 14.7 Å². The van der Waals surface area contributed by atoms with Crippen LogP contribution in [0.4, 0.5) is 0 Å². The van der Waals surface area contributed by atoms with Crippen LogP contribution in [0.2, 0.25) is 0 Å². The van der Waals surface area contributed by atoms with Crippen molar-refractivity contribution in [2.45, 2.75) is 39.4 Å². The van der Waals surface area contributed by atoms with Gasteiger partial charge in [-0.05, 0) is 29.2 Å². The highest BCUT2D eigenvalue weighted by Crippen LogP contribution is 2.25. The topological polar surface area (TPSA) is 83.6 Å². The van der Waals surface area contributed by atoms with Gasteiger partial charge in [0.1, 0.15) is 0 Å². The molecule has 108 valence electrons. The van der Waals surface area contributed by atoms with Gasteiger partial charge < -0.3 is 15.7 Å². The molecule has 1 aromatic carbocycles. The molecular weight excluding hydrogens is 256 g/mol. The summed E-state index contributed by atoms with van der Waals surface area (Å²) < 4.78 is 0. The van der Waals surface area contributed by atoms with Crippen molar-refractivity contribution in [1.29, 1.82) is 0 Å². The maximum Gasteiger partial charge on any atom is 0.335 e. The Bertz CT molecular complexity index is 542. The number of carbonyl (C=O) groups is 2. The van der Waals surface area contributed by atoms with Crippen molar-refractivity contribution in [3.8, 4) is 0 Å². The minimum Gasteiger partial charge on any atom is -0.478 e. The number of benzene rings is 1. The number of amides is 1. The van der Waals surface area contributed by atoms with Gasteiger partial charge in [-0.1, -0.05) is 26.3 Å². The lowest BCUT2D eigenvalue weighted by Crippen LogP contribution is -2.44. The quantitative estimate of drug-likeness (QED) is 0.875. The Morgan fingerprint density at radius 1 is 1.35 bits per heavy atom. The molecule has 2 atom stereocenters. The summed E-state index contributed by atoms with van der Waals surface area (Å²) in [5.74, 6) is -0.873. The van der Waals surface area contributed by atoms with Crippen LogP contribution in [0.15, 0.2) is 18.2 Å². The van der Waals surface area contributed by atoms with Crippen LogP contribution < -0.4 is 5.73 Å². The summed E-state index contributed by atoms with van der Waals surface area (Å²) >= 11 is 0. The number of fused-ring (bicyclic) bond motifs is 1. The average molecular weight is 276 g/mol. The minimum absolute atomic E-state index is 0.0626. The van der Waals surface area contributed by atoms with Crippen LogP contribution in [0.25, 0.3) is 0 Å². The van der Waals surface area contributed by atoms with Crippen LogP contribution in [-0.2, 0) is 17.9 Å². The molecule has 1 heterocycles. The van der Waals surface area contributed by atoms with Gasteiger partial charge >= 0.3 is 5.97 Å². The first kappa shape index (κ1) is 14.5. The summed E-state index contributed by atoms with van der Waals surface area (Å²) in [6.07, 6.45) is 0.858. The summed E-state index contributed by atoms with van der Waals surface area (Å²) in [4.78, 5) is 25.0. The number of nitrogens with two attached hydrogens (primary N) is 1. The summed E-state index contributed by atoms with van der Waals surface area (Å²) in [5.41, 5.74) is 8.13. The average Bonchev–Trinajstić information content (AvgIpc) is 2.87. The summed E-state index contributed by atoms with van der Waals surface area (Å²) in [7, 11) is 0. The largest absolute Gasteiger partial charge is 0.478 e. The number of hydrogen-bond donors (Lipinski definition) is 2. The van der Waals surface area contributed by atoms with E-state index in [1.165, 1.54) is 0 Å². The van der Waals surface area contributed by atoms with Gasteiger partial charge in [-0.25, -0.2) is 4.79 Å². The third kappa shape index (κ3) is 2.67. The van der Waals surface area contributed by atoms with E-state index in [0.29, 0.717) is 13.1 Å². The Labute approximate surface area is 118 Å². The molecule has 0 fully saturated rings. The van der Waals surface area contributed by atoms with Crippen LogP contribution >= 0.6 is 0 Å². The Morgan fingerprint density at radius 3 is 2.60 bits per heavy atom. The van der Waals surface area contributed by atoms with Gasteiger partial charge in [-0.3, -0.25) is 4.79 Å². The molecule has 1 aliphatic rings. The number of carboxylic acid groups (broad SMARTS) is 1. The van der Waals surface area contributed by atoms with E-state index in [1.807, 2.05) is 13.8 Å². The standard InChI is InChI=1S/C15H20N2O3/c1-3-9(2)13(16)14(18)17-7-11-5-4-10(15(19)20)6-12(11)8-17/h4-6,9,13H,3,7-8,16H2,1-2H3,(H,19,20)/t9-,13-/m0/s1. The first-order valence-corrected chi connectivity index (χ1v) is 6.83. The molecule has 2 rings (SSSR count). The van der Waals surface area contributed by atoms with Gasteiger partial charge in [-0.15, -0.1) is 0 Å². The van der Waals surface area contributed by atoms with Crippen LogP contribution in [0, 0.1) is 5.92 Å². The molecule has 0 radical (unpaired) electrons. The molecule has 20 heavy (non-hydrogen) atoms. The van der Waals surface area contributed by atoms with Crippen LogP contribution in [-0.4, -0.2) is 27.9 Å². The molecule has 0 bridgehead atoms. The Morgan fingerprint density at radius 2 is 2.00 bits per heavy atom. The molecule has 0 aromatic heterocycles. The van der Waals surface area contributed by atoms with E-state index < -0.39 is 12.0 Å². The monoisotopic (exact) mass is 276 g/mol. The van der Waals surface area contributed by atoms with Gasteiger partial charge in [-0.2, -0.15) is 0 Å². The van der Waals surface area contributed by atoms with Gasteiger partial charge in [0.05, 0.1) is 11.6 Å². The molecule has 0 aliphatic carbocycles. The van der Waals surface area contributed by atoms with E-state index in [2.05, 4.69) is 0 Å². The highest BCUT2D eigenvalue weighted by Gasteiger charge is 2.29. The third-order valence-electron chi connectivity index (χ3n) is 4.03. The normalized spacial score (nSPS) is 16.6. The fourth-order valence-corrected chi connectivity index (χ4v) is 2.39. The zero-order valence-electron chi connectivity index (χ0n) is 11.8. The number of rotatable bonds is 4. The first-order chi connectivity index (χ1) is 9.43. The van der Waals surface area contributed by atoms with Crippen LogP contribution in [0.3, 0.4) is 0 Å². The number of carboxylic acids is 1. The second-order valence-corrected chi connectivity index (χ2v) is 5.39. The molecule has 0 saturated heterocycles. The van der Waals surface area contributed by atoms with Crippen molar-refractivity contribution in [2.75, 3.05) is 0 Å². The van der Waals surface area contributed by atoms with Crippen LogP contribution in [0.5, 0.6) is 0 Å². The van der Waals surface area contributed by atoms with Gasteiger partial charge in [0.2, 0.25) is 5.91 Å². The van der Waals surface area contributed by atoms with Crippen LogP contribution in [0.1, 0.15) is 41.8 Å². The van der Waals surface area contributed by atoms with Gasteiger partial charge in [0.15, 0.2) is 0 Å². The summed E-state index contributed by atoms with van der Waals surface area (Å²) in [6.45, 7) is 4.93. The smallest absolute Gasteiger partial charge is 0.335 e. The maximum atomic E-state index is 12.3. The zero-order chi connectivity index (χ0) is 14.9. The maximum absolute atomic E-state index is 12.3. The van der Waals surface area contributed by atoms with E-state index in [-0.39, 0.29) is 17.4 Å². The molecular formula is C15H20N2O3. The number of carbonyl (C=O) groups excluding carboxylic acids is 1. The molecule has 1 aliphatic heterocycles. The molecule has 5 nitrogen and oxygen atoms in total. The molecule has 0 spiro atoms. The molecule has 5 heteroatoms. The molecule has 1 aromatic rings. The lowest BCUT2D eigenvalue weighted by molar-refractivity contribution is -0.134. The minimum atomic E-state index is -0.950. The molecule has 1 amide bonds. The Balaban J connectivity index is 2.13. The lowest BCUT2D eigenvalue weighted by atomic mass is 9.99. The highest BCUT2D eigenvalue weighted by molar-refractivity contribution is 5.88. The van der Waals surface area contributed by atoms with E-state index in [1.54, 1.807) is 23.1 Å². The predicted molar refractivity (Wildman–Crippen MR) is 75.1 cm³/mol. The van der Waals surface area contributed by atoms with Crippen molar-refractivity contribution >= 4 is 11.9 Å². The number of nitrogens with zero attached hydrogens (tertiary/aromatic N) is 1. The molecule has 0 unspecified atom stereocenters. The highest BCUT2D eigenvalue weighted by atomic mass is 16.4. The number of hydrogen-bond acceptors (Lipinski definition) is 3. The fourth-order valence-electron chi connectivity index (χ4n) is 2.39. The SMILES string of the molecule is CC[C@H](C)[C@H](N)C(=O)N1Cc2ccc(C(=O)O)cc2C1. The summed E-state index contributed by atoms with van der Waals surface area (Å²) in [5, 5.41) is 8.98. The van der Waals surface area contributed by atoms with E-state index in [4.69, 9.17) is 10.8 Å². The predicted octanol–water partition coefficient (Wildman–Crippen LogP) is 1.60. The second-order valence-electron chi connectivity index (χ2n) is 5.39. The van der Waals surface area contributed by atoms with Crippen molar-refractivity contribution in [2.24, 2.45) is 11.7 Å². The fraction of sp³-hybridized carbons (Fsp3) is 0.467. The first-order valence-electron chi connectivity index (χ1n) is 6.83. The van der Waals surface area contributed by atoms with E-state index in [0.717, 1.165) is 17.5 Å². The van der Waals surface area contributed by atoms with E-state index >= 15 is 0 Å². The zero-order valence-corrected chi connectivity index (χ0v) is 11.8. The second kappa shape index (κ2) is 5.63. The number of aromatic carboxylic acids is 1. The molecule has 3 N–H and O–H groups in total. The van der Waals surface area contributed by atoms with Gasteiger partial charge in [0.25, 0.3) is 0 Å².